The second-order valence-electron chi connectivity index (χ2n) is 3.84. The van der Waals surface area contributed by atoms with Crippen LogP contribution in [0.5, 0.6) is 0 Å². The van der Waals surface area contributed by atoms with E-state index in [-0.39, 0.29) is 5.82 Å². The molecule has 0 aliphatic rings. The smallest absolute Gasteiger partial charge is 0.263 e. The molecule has 0 amide bonds. The fraction of sp³-hybridized carbons (Fsp3) is 0.0833. The molecule has 0 unspecified atom stereocenters. The molecule has 0 aliphatic heterocycles. The molecule has 1 N–H and O–H groups in total. The summed E-state index contributed by atoms with van der Waals surface area (Å²) in [5.74, 6) is -1.82. The van der Waals surface area contributed by atoms with Crippen LogP contribution < -0.4 is 4.72 Å². The highest BCUT2D eigenvalue weighted by Crippen LogP contribution is 2.18. The Bertz CT molecular complexity index is 717. The third kappa shape index (κ3) is 3.05. The average molecular weight is 284 g/mol. The normalized spacial score (nSPS) is 11.3. The molecular weight excluding hydrogens is 274 g/mol. The standard InChI is InChI=1S/C12H10F2N2O2S/c1-8-3-2-4-12(15-8)16-19(17,18)11-7-9(13)5-6-10(11)14/h2-7H,1H3,(H,15,16). The SMILES string of the molecule is Cc1cccc(NS(=O)(=O)c2cc(F)ccc2F)n1. The fourth-order valence-electron chi connectivity index (χ4n) is 1.48. The highest BCUT2D eigenvalue weighted by atomic mass is 32.2. The number of anilines is 1. The number of halogens is 2. The summed E-state index contributed by atoms with van der Waals surface area (Å²) in [6.45, 7) is 1.68. The van der Waals surface area contributed by atoms with Gasteiger partial charge in [-0.3, -0.25) is 4.72 Å². The van der Waals surface area contributed by atoms with Crippen molar-refractivity contribution in [3.05, 3.63) is 53.7 Å². The number of hydrogen-bond donors (Lipinski definition) is 1. The van der Waals surface area contributed by atoms with Crippen molar-refractivity contribution in [1.82, 2.24) is 4.98 Å². The Morgan fingerprint density at radius 3 is 2.58 bits per heavy atom. The molecule has 0 atom stereocenters. The highest BCUT2D eigenvalue weighted by molar-refractivity contribution is 7.92. The minimum atomic E-state index is -4.21. The van der Waals surface area contributed by atoms with Gasteiger partial charge < -0.3 is 0 Å². The molecule has 100 valence electrons. The third-order valence-corrected chi connectivity index (χ3v) is 3.68. The molecule has 2 aromatic rings. The number of nitrogens with one attached hydrogen (secondary N) is 1. The molecule has 1 aromatic carbocycles. The average Bonchev–Trinajstić information content (AvgIpc) is 2.31. The summed E-state index contributed by atoms with van der Waals surface area (Å²) in [5, 5.41) is 0. The molecular formula is C12H10F2N2O2S. The van der Waals surface area contributed by atoms with Gasteiger partial charge in [0.2, 0.25) is 0 Å². The van der Waals surface area contributed by atoms with Crippen molar-refractivity contribution in [1.29, 1.82) is 0 Å². The van der Waals surface area contributed by atoms with E-state index in [0.717, 1.165) is 12.1 Å². The van der Waals surface area contributed by atoms with Gasteiger partial charge in [0.1, 0.15) is 22.3 Å². The monoisotopic (exact) mass is 284 g/mol. The summed E-state index contributed by atoms with van der Waals surface area (Å²) in [6.07, 6.45) is 0. The number of pyridine rings is 1. The third-order valence-electron chi connectivity index (χ3n) is 2.31. The zero-order valence-corrected chi connectivity index (χ0v) is 10.7. The summed E-state index contributed by atoms with van der Waals surface area (Å²) in [7, 11) is -4.21. The van der Waals surface area contributed by atoms with Gasteiger partial charge in [0.15, 0.2) is 0 Å². The maximum atomic E-state index is 13.4. The van der Waals surface area contributed by atoms with Gasteiger partial charge in [-0.25, -0.2) is 22.2 Å². The predicted octanol–water partition coefficient (Wildman–Crippen LogP) is 2.47. The van der Waals surface area contributed by atoms with Crippen molar-refractivity contribution in [2.45, 2.75) is 11.8 Å². The van der Waals surface area contributed by atoms with E-state index in [1.807, 2.05) is 0 Å². The molecule has 0 radical (unpaired) electrons. The number of nitrogens with zero attached hydrogens (tertiary/aromatic N) is 1. The molecule has 1 heterocycles. The van der Waals surface area contributed by atoms with Crippen molar-refractivity contribution in [2.24, 2.45) is 0 Å². The number of hydrogen-bond acceptors (Lipinski definition) is 3. The Morgan fingerprint density at radius 1 is 1.16 bits per heavy atom. The first kappa shape index (κ1) is 13.4. The molecule has 0 spiro atoms. The zero-order chi connectivity index (χ0) is 14.0. The van der Waals surface area contributed by atoms with E-state index in [1.165, 1.54) is 6.07 Å². The maximum absolute atomic E-state index is 13.4. The van der Waals surface area contributed by atoms with Crippen molar-refractivity contribution in [3.63, 3.8) is 0 Å². The maximum Gasteiger partial charge on any atom is 0.266 e. The number of aromatic nitrogens is 1. The Balaban J connectivity index is 2.40. The first-order valence-corrected chi connectivity index (χ1v) is 6.78. The topological polar surface area (TPSA) is 59.1 Å². The molecule has 2 rings (SSSR count). The lowest BCUT2D eigenvalue weighted by molar-refractivity contribution is 0.555. The van der Waals surface area contributed by atoms with Gasteiger partial charge in [-0.15, -0.1) is 0 Å². The van der Waals surface area contributed by atoms with Crippen LogP contribution in [-0.2, 0) is 10.0 Å². The summed E-state index contributed by atoms with van der Waals surface area (Å²) >= 11 is 0. The van der Waals surface area contributed by atoms with Gasteiger partial charge in [-0.2, -0.15) is 0 Å². The van der Waals surface area contributed by atoms with E-state index in [9.17, 15) is 17.2 Å². The molecule has 4 nitrogen and oxygen atoms in total. The summed E-state index contributed by atoms with van der Waals surface area (Å²) in [5.41, 5.74) is 0.597. The van der Waals surface area contributed by atoms with Gasteiger partial charge in [-0.1, -0.05) is 6.07 Å². The van der Waals surface area contributed by atoms with Crippen LogP contribution in [0, 0.1) is 18.6 Å². The van der Waals surface area contributed by atoms with Crippen LogP contribution >= 0.6 is 0 Å². The largest absolute Gasteiger partial charge is 0.266 e. The molecule has 19 heavy (non-hydrogen) atoms. The van der Waals surface area contributed by atoms with Crippen LogP contribution in [0.1, 0.15) is 5.69 Å². The van der Waals surface area contributed by atoms with Crippen LogP contribution in [0.3, 0.4) is 0 Å². The molecule has 0 saturated heterocycles. The van der Waals surface area contributed by atoms with Crippen LogP contribution in [0.4, 0.5) is 14.6 Å². The molecule has 1 aromatic heterocycles. The van der Waals surface area contributed by atoms with Crippen molar-refractivity contribution in [2.75, 3.05) is 4.72 Å². The minimum absolute atomic E-state index is 0.0451. The van der Waals surface area contributed by atoms with Crippen LogP contribution in [-0.4, -0.2) is 13.4 Å². The molecule has 0 aliphatic carbocycles. The van der Waals surface area contributed by atoms with E-state index < -0.39 is 26.6 Å². The van der Waals surface area contributed by atoms with E-state index >= 15 is 0 Å². The Hall–Kier alpha value is -2.02. The summed E-state index contributed by atoms with van der Waals surface area (Å²) in [6, 6.07) is 6.92. The second-order valence-corrected chi connectivity index (χ2v) is 5.50. The minimum Gasteiger partial charge on any atom is -0.263 e. The van der Waals surface area contributed by atoms with Gasteiger partial charge in [-0.05, 0) is 37.3 Å². The Kier molecular flexibility index (Phi) is 3.48. The molecule has 0 saturated carbocycles. The van der Waals surface area contributed by atoms with Crippen LogP contribution in [0.2, 0.25) is 0 Å². The van der Waals surface area contributed by atoms with Gasteiger partial charge in [0.05, 0.1) is 0 Å². The van der Waals surface area contributed by atoms with Crippen molar-refractivity contribution >= 4 is 15.8 Å². The van der Waals surface area contributed by atoms with Gasteiger partial charge in [0, 0.05) is 5.69 Å². The van der Waals surface area contributed by atoms with E-state index in [0.29, 0.717) is 11.8 Å². The Labute approximate surface area is 109 Å². The number of sulfonamides is 1. The first-order chi connectivity index (χ1) is 8.88. The second kappa shape index (κ2) is 4.93. The lowest BCUT2D eigenvalue weighted by atomic mass is 10.3. The van der Waals surface area contributed by atoms with E-state index in [4.69, 9.17) is 0 Å². The Morgan fingerprint density at radius 2 is 1.89 bits per heavy atom. The molecule has 7 heteroatoms. The first-order valence-electron chi connectivity index (χ1n) is 5.30. The van der Waals surface area contributed by atoms with Crippen molar-refractivity contribution < 1.29 is 17.2 Å². The summed E-state index contributed by atoms with van der Waals surface area (Å²) in [4.78, 5) is 3.18. The van der Waals surface area contributed by atoms with Gasteiger partial charge >= 0.3 is 0 Å². The number of rotatable bonds is 3. The van der Waals surface area contributed by atoms with E-state index in [1.54, 1.807) is 19.1 Å². The molecule has 0 fully saturated rings. The quantitative estimate of drug-likeness (QED) is 0.942. The lowest BCUT2D eigenvalue weighted by Gasteiger charge is -2.08. The zero-order valence-electron chi connectivity index (χ0n) is 9.89. The predicted molar refractivity (Wildman–Crippen MR) is 66.1 cm³/mol. The van der Waals surface area contributed by atoms with Crippen LogP contribution in [0.15, 0.2) is 41.3 Å². The number of benzene rings is 1. The highest BCUT2D eigenvalue weighted by Gasteiger charge is 2.20. The fourth-order valence-corrected chi connectivity index (χ4v) is 2.57. The molecule has 0 bridgehead atoms. The lowest BCUT2D eigenvalue weighted by Crippen LogP contribution is -2.15. The summed E-state index contributed by atoms with van der Waals surface area (Å²) < 4.78 is 52.4. The number of aryl methyl sites for hydroxylation is 1. The van der Waals surface area contributed by atoms with Crippen LogP contribution in [0.25, 0.3) is 0 Å². The van der Waals surface area contributed by atoms with Gasteiger partial charge in [0.25, 0.3) is 10.0 Å². The van der Waals surface area contributed by atoms with E-state index in [2.05, 4.69) is 9.71 Å². The van der Waals surface area contributed by atoms with Crippen molar-refractivity contribution in [3.8, 4) is 0 Å².